The van der Waals surface area contributed by atoms with Gasteiger partial charge >= 0.3 is 0 Å². The van der Waals surface area contributed by atoms with Crippen molar-refractivity contribution >= 4 is 21.7 Å². The molecule has 4 heteroatoms. The zero-order valence-electron chi connectivity index (χ0n) is 9.84. The first kappa shape index (κ1) is 12.9. The fourth-order valence-electron chi connectivity index (χ4n) is 1.61. The molecule has 2 heterocycles. The SMILES string of the molecule is O=C(CCc1ccccn1)Cc1ccc(Br)cn1. The summed E-state index contributed by atoms with van der Waals surface area (Å²) >= 11 is 3.32. The number of aryl methyl sites for hydroxylation is 1. The van der Waals surface area contributed by atoms with Crippen LogP contribution in [0.2, 0.25) is 0 Å². The first-order valence-electron chi connectivity index (χ1n) is 5.76. The van der Waals surface area contributed by atoms with Crippen molar-refractivity contribution in [1.82, 2.24) is 9.97 Å². The molecule has 2 rings (SSSR count). The number of carbonyl (C=O) groups excluding carboxylic acids is 1. The molecule has 0 atom stereocenters. The molecule has 0 fully saturated rings. The molecule has 0 aromatic carbocycles. The van der Waals surface area contributed by atoms with E-state index in [-0.39, 0.29) is 5.78 Å². The lowest BCUT2D eigenvalue weighted by Gasteiger charge is -2.01. The number of hydrogen-bond donors (Lipinski definition) is 0. The van der Waals surface area contributed by atoms with E-state index in [1.54, 1.807) is 12.4 Å². The molecule has 0 unspecified atom stereocenters. The zero-order valence-corrected chi connectivity index (χ0v) is 11.4. The van der Waals surface area contributed by atoms with E-state index >= 15 is 0 Å². The van der Waals surface area contributed by atoms with E-state index in [0.717, 1.165) is 15.9 Å². The minimum absolute atomic E-state index is 0.190. The Morgan fingerprint density at radius 1 is 1.11 bits per heavy atom. The number of rotatable bonds is 5. The predicted molar refractivity (Wildman–Crippen MR) is 73.2 cm³/mol. The second-order valence-electron chi connectivity index (χ2n) is 4.00. The Balaban J connectivity index is 1.84. The molecule has 92 valence electrons. The van der Waals surface area contributed by atoms with E-state index in [1.807, 2.05) is 30.3 Å². The smallest absolute Gasteiger partial charge is 0.139 e. The van der Waals surface area contributed by atoms with E-state index in [9.17, 15) is 4.79 Å². The molecule has 0 bridgehead atoms. The van der Waals surface area contributed by atoms with E-state index in [1.165, 1.54) is 0 Å². The summed E-state index contributed by atoms with van der Waals surface area (Å²) in [6.07, 6.45) is 5.04. The van der Waals surface area contributed by atoms with Crippen molar-refractivity contribution in [3.8, 4) is 0 Å². The van der Waals surface area contributed by atoms with Crippen LogP contribution in [0.25, 0.3) is 0 Å². The van der Waals surface area contributed by atoms with Gasteiger partial charge in [0, 0.05) is 41.1 Å². The summed E-state index contributed by atoms with van der Waals surface area (Å²) in [5.74, 6) is 0.190. The number of nitrogens with zero attached hydrogens (tertiary/aromatic N) is 2. The van der Waals surface area contributed by atoms with E-state index in [4.69, 9.17) is 0 Å². The summed E-state index contributed by atoms with van der Waals surface area (Å²) in [5, 5.41) is 0. The van der Waals surface area contributed by atoms with Gasteiger partial charge < -0.3 is 0 Å². The van der Waals surface area contributed by atoms with Gasteiger partial charge in [-0.15, -0.1) is 0 Å². The first-order valence-corrected chi connectivity index (χ1v) is 6.55. The first-order chi connectivity index (χ1) is 8.74. The summed E-state index contributed by atoms with van der Waals surface area (Å²) in [4.78, 5) is 20.2. The summed E-state index contributed by atoms with van der Waals surface area (Å²) in [5.41, 5.74) is 1.76. The molecule has 0 aliphatic carbocycles. The molecule has 0 radical (unpaired) electrons. The number of hydrogen-bond acceptors (Lipinski definition) is 3. The van der Waals surface area contributed by atoms with Crippen LogP contribution >= 0.6 is 15.9 Å². The minimum atomic E-state index is 0.190. The van der Waals surface area contributed by atoms with Crippen molar-refractivity contribution in [3.63, 3.8) is 0 Å². The van der Waals surface area contributed by atoms with E-state index < -0.39 is 0 Å². The molecule has 18 heavy (non-hydrogen) atoms. The Labute approximate surface area is 114 Å². The fraction of sp³-hybridized carbons (Fsp3) is 0.214. The molecule has 0 saturated carbocycles. The Kier molecular flexibility index (Phi) is 4.59. The highest BCUT2D eigenvalue weighted by Crippen LogP contribution is 2.09. The van der Waals surface area contributed by atoms with Gasteiger partial charge in [-0.3, -0.25) is 14.8 Å². The molecule has 0 aliphatic heterocycles. The molecule has 3 nitrogen and oxygen atoms in total. The standard InChI is InChI=1S/C14H13BrN2O/c15-11-4-5-13(17-10-11)9-14(18)7-6-12-3-1-2-8-16-12/h1-5,8,10H,6-7,9H2. The number of Topliss-reactive ketones (excluding diaryl/α,β-unsaturated/α-hetero) is 1. The summed E-state index contributed by atoms with van der Waals surface area (Å²) < 4.78 is 0.923. The van der Waals surface area contributed by atoms with Gasteiger partial charge in [0.15, 0.2) is 0 Å². The number of carbonyl (C=O) groups is 1. The molecule has 0 saturated heterocycles. The lowest BCUT2D eigenvalue weighted by molar-refractivity contribution is -0.118. The Bertz CT molecular complexity index is 511. The van der Waals surface area contributed by atoms with Crippen LogP contribution in [-0.4, -0.2) is 15.8 Å². The van der Waals surface area contributed by atoms with Crippen LogP contribution in [-0.2, 0) is 17.6 Å². The van der Waals surface area contributed by atoms with Gasteiger partial charge in [-0.25, -0.2) is 0 Å². The van der Waals surface area contributed by atoms with Crippen LogP contribution < -0.4 is 0 Å². The van der Waals surface area contributed by atoms with Crippen LogP contribution in [0.4, 0.5) is 0 Å². The molecule has 0 spiro atoms. The highest BCUT2D eigenvalue weighted by Gasteiger charge is 2.05. The molecule has 2 aromatic rings. The van der Waals surface area contributed by atoms with Crippen molar-refractivity contribution in [2.45, 2.75) is 19.3 Å². The highest BCUT2D eigenvalue weighted by atomic mass is 79.9. The topological polar surface area (TPSA) is 42.9 Å². The van der Waals surface area contributed by atoms with Gasteiger partial charge in [0.25, 0.3) is 0 Å². The normalized spacial score (nSPS) is 10.3. The molecule has 2 aromatic heterocycles. The Morgan fingerprint density at radius 3 is 2.67 bits per heavy atom. The minimum Gasteiger partial charge on any atom is -0.299 e. The molecular weight excluding hydrogens is 292 g/mol. The van der Waals surface area contributed by atoms with Crippen molar-refractivity contribution in [2.75, 3.05) is 0 Å². The number of aromatic nitrogens is 2. The van der Waals surface area contributed by atoms with Crippen LogP contribution in [0.1, 0.15) is 17.8 Å². The van der Waals surface area contributed by atoms with Gasteiger partial charge in [-0.05, 0) is 46.6 Å². The summed E-state index contributed by atoms with van der Waals surface area (Å²) in [7, 11) is 0. The predicted octanol–water partition coefficient (Wildman–Crippen LogP) is 2.98. The van der Waals surface area contributed by atoms with Gasteiger partial charge in [0.1, 0.15) is 5.78 Å². The number of ketones is 1. The zero-order chi connectivity index (χ0) is 12.8. The maximum Gasteiger partial charge on any atom is 0.139 e. The Hall–Kier alpha value is -1.55. The molecule has 0 amide bonds. The molecular formula is C14H13BrN2O. The summed E-state index contributed by atoms with van der Waals surface area (Å²) in [6, 6.07) is 9.50. The molecule has 0 aliphatic rings. The van der Waals surface area contributed by atoms with Crippen molar-refractivity contribution in [2.24, 2.45) is 0 Å². The maximum atomic E-state index is 11.8. The van der Waals surface area contributed by atoms with Crippen molar-refractivity contribution in [3.05, 3.63) is 58.6 Å². The van der Waals surface area contributed by atoms with Gasteiger partial charge in [-0.2, -0.15) is 0 Å². The second kappa shape index (κ2) is 6.40. The fourth-order valence-corrected chi connectivity index (χ4v) is 1.85. The van der Waals surface area contributed by atoms with Crippen molar-refractivity contribution < 1.29 is 4.79 Å². The van der Waals surface area contributed by atoms with Crippen LogP contribution in [0.5, 0.6) is 0 Å². The van der Waals surface area contributed by atoms with Gasteiger partial charge in [-0.1, -0.05) is 6.07 Å². The van der Waals surface area contributed by atoms with Crippen molar-refractivity contribution in [1.29, 1.82) is 0 Å². The largest absolute Gasteiger partial charge is 0.299 e. The average Bonchev–Trinajstić information content (AvgIpc) is 2.40. The van der Waals surface area contributed by atoms with Crippen LogP contribution in [0.3, 0.4) is 0 Å². The maximum absolute atomic E-state index is 11.8. The summed E-state index contributed by atoms with van der Waals surface area (Å²) in [6.45, 7) is 0. The third kappa shape index (κ3) is 4.04. The highest BCUT2D eigenvalue weighted by molar-refractivity contribution is 9.10. The molecule has 0 N–H and O–H groups in total. The lowest BCUT2D eigenvalue weighted by Crippen LogP contribution is -2.06. The third-order valence-corrected chi connectivity index (χ3v) is 3.02. The van der Waals surface area contributed by atoms with Crippen LogP contribution in [0, 0.1) is 0 Å². The van der Waals surface area contributed by atoms with Gasteiger partial charge in [0.05, 0.1) is 0 Å². The third-order valence-electron chi connectivity index (χ3n) is 2.55. The average molecular weight is 305 g/mol. The van der Waals surface area contributed by atoms with Gasteiger partial charge in [0.2, 0.25) is 0 Å². The van der Waals surface area contributed by atoms with E-state index in [0.29, 0.717) is 19.3 Å². The number of halogens is 1. The quantitative estimate of drug-likeness (QED) is 0.853. The lowest BCUT2D eigenvalue weighted by atomic mass is 10.1. The van der Waals surface area contributed by atoms with Crippen LogP contribution in [0.15, 0.2) is 47.2 Å². The monoisotopic (exact) mass is 304 g/mol. The van der Waals surface area contributed by atoms with E-state index in [2.05, 4.69) is 25.9 Å². The Morgan fingerprint density at radius 2 is 2.00 bits per heavy atom. The second-order valence-corrected chi connectivity index (χ2v) is 4.92. The number of pyridine rings is 2.